The summed E-state index contributed by atoms with van der Waals surface area (Å²) in [5.41, 5.74) is 0. The van der Waals surface area contributed by atoms with Crippen molar-refractivity contribution in [1.82, 2.24) is 0 Å². The van der Waals surface area contributed by atoms with Gasteiger partial charge in [-0.3, -0.25) is 4.79 Å². The van der Waals surface area contributed by atoms with Crippen LogP contribution in [0.2, 0.25) is 0 Å². The first-order valence-electron chi connectivity index (χ1n) is 2.20. The predicted octanol–water partition coefficient (Wildman–Crippen LogP) is -1.90. The van der Waals surface area contributed by atoms with E-state index in [1.165, 1.54) is 0 Å². The van der Waals surface area contributed by atoms with Gasteiger partial charge in [0.1, 0.15) is 13.2 Å². The molecule has 0 saturated carbocycles. The van der Waals surface area contributed by atoms with Crippen LogP contribution in [0.3, 0.4) is 0 Å². The van der Waals surface area contributed by atoms with Gasteiger partial charge in [0.05, 0.1) is 0 Å². The number of aliphatic hydroxyl groups excluding tert-OH is 2. The van der Waals surface area contributed by atoms with Gasteiger partial charge >= 0.3 is 5.97 Å². The molecule has 0 aliphatic rings. The third kappa shape index (κ3) is 54.1. The van der Waals surface area contributed by atoms with Crippen molar-refractivity contribution < 1.29 is 30.4 Å². The third-order valence-corrected chi connectivity index (χ3v) is 0.412. The summed E-state index contributed by atoms with van der Waals surface area (Å²) in [5, 5.41) is 22.2. The van der Waals surface area contributed by atoms with Crippen molar-refractivity contribution in [1.29, 1.82) is 0 Å². The molecule has 0 aromatic carbocycles. The fourth-order valence-electron chi connectivity index (χ4n) is 0. The van der Waals surface area contributed by atoms with E-state index in [0.717, 1.165) is 0 Å². The second-order valence-corrected chi connectivity index (χ2v) is 1.60. The van der Waals surface area contributed by atoms with Crippen LogP contribution in [0.4, 0.5) is 0 Å². The molecule has 0 saturated heterocycles. The zero-order valence-corrected chi connectivity index (χ0v) is 7.64. The van der Waals surface area contributed by atoms with E-state index in [9.17, 15) is 4.79 Å². The normalized spacial score (nSPS) is 6.25. The van der Waals surface area contributed by atoms with Crippen LogP contribution in [-0.2, 0) is 9.59 Å². The van der Waals surface area contributed by atoms with Crippen LogP contribution in [0.25, 0.3) is 0 Å². The number of halogens is 1. The van der Waals surface area contributed by atoms with Crippen molar-refractivity contribution in [2.45, 2.75) is 0 Å². The van der Waals surface area contributed by atoms with Crippen molar-refractivity contribution in [3.05, 3.63) is 0 Å². The Morgan fingerprint density at radius 1 is 1.17 bits per heavy atom. The summed E-state index contributed by atoms with van der Waals surface area (Å²) in [5.74, 6) is -1.19. The van der Waals surface area contributed by atoms with E-state index in [-0.39, 0.29) is 17.9 Å². The smallest absolute Gasteiger partial charge is 0.329 e. The number of aliphatic carboxylic acids is 1. The number of aliphatic hydroxyl groups is 2. The van der Waals surface area contributed by atoms with E-state index in [1.807, 2.05) is 0 Å². The van der Waals surface area contributed by atoms with Crippen LogP contribution in [0.1, 0.15) is 0 Å². The fourth-order valence-corrected chi connectivity index (χ4v) is 0. The van der Waals surface area contributed by atoms with Crippen molar-refractivity contribution in [3.63, 3.8) is 0 Å². The molecule has 0 atom stereocenters. The largest absolute Gasteiger partial charge is 0.480 e. The van der Waals surface area contributed by atoms with Gasteiger partial charge in [0.15, 0.2) is 0 Å². The number of carbonyl (C=O) groups excluding carboxylic acids is 1. The van der Waals surface area contributed by atoms with Crippen LogP contribution in [0.15, 0.2) is 0 Å². The molecule has 0 rings (SSSR count). The highest BCUT2D eigenvalue weighted by Crippen LogP contribution is 1.69. The Morgan fingerprint density at radius 3 is 1.33 bits per heavy atom. The Hall–Kier alpha value is -0.340. The molecule has 76 valence electrons. The molecule has 0 radical (unpaired) electrons. The molecule has 0 aromatic heterocycles. The topological polar surface area (TPSA) is 126 Å². The molecule has 0 amide bonds. The molecule has 0 unspecified atom stereocenters. The standard InChI is InChI=1S/C2H4O3.C2H4O2S.ClH.H2O/c2*3-1-2(4)5;;/h2*3H,1H2,(H,4,5);1H;1H2. The lowest BCUT2D eigenvalue weighted by Crippen LogP contribution is -1.98. The van der Waals surface area contributed by atoms with Crippen LogP contribution in [0.5, 0.6) is 0 Å². The molecule has 0 aliphatic carbocycles. The average molecular weight is 223 g/mol. The number of carbonyl (C=O) groups is 2. The highest BCUT2D eigenvalue weighted by molar-refractivity contribution is 7.96. The van der Waals surface area contributed by atoms with Gasteiger partial charge in [-0.1, -0.05) is 0 Å². The maximum absolute atomic E-state index is 9.43. The van der Waals surface area contributed by atoms with Crippen LogP contribution in [-0.4, -0.2) is 45.1 Å². The third-order valence-electron chi connectivity index (χ3n) is 0.271. The van der Waals surface area contributed by atoms with Crippen molar-refractivity contribution in [2.75, 3.05) is 13.2 Å². The first kappa shape index (κ1) is 22.6. The van der Waals surface area contributed by atoms with E-state index in [2.05, 4.69) is 12.6 Å². The number of carboxylic acids is 1. The maximum atomic E-state index is 9.43. The van der Waals surface area contributed by atoms with Gasteiger partial charge in [-0.2, -0.15) is 0 Å². The maximum Gasteiger partial charge on any atom is 0.329 e. The summed E-state index contributed by atoms with van der Waals surface area (Å²) in [7, 11) is 0. The molecule has 0 bridgehead atoms. The lowest BCUT2D eigenvalue weighted by Gasteiger charge is -1.72. The molecule has 0 heterocycles. The van der Waals surface area contributed by atoms with Gasteiger partial charge in [0.25, 0.3) is 0 Å². The number of hydrogen-bond acceptors (Lipinski definition) is 4. The first-order chi connectivity index (χ1) is 4.54. The number of thiol groups is 1. The zero-order valence-electron chi connectivity index (χ0n) is 5.93. The van der Waals surface area contributed by atoms with Crippen LogP contribution < -0.4 is 0 Å². The summed E-state index contributed by atoms with van der Waals surface area (Å²) in [6, 6.07) is 0. The van der Waals surface area contributed by atoms with Gasteiger partial charge in [0.2, 0.25) is 5.12 Å². The predicted molar refractivity (Wildman–Crippen MR) is 46.7 cm³/mol. The lowest BCUT2D eigenvalue weighted by molar-refractivity contribution is -0.140. The Labute approximate surface area is 80.3 Å². The monoisotopic (exact) mass is 222 g/mol. The fraction of sp³-hybridized carbons (Fsp3) is 0.500. The lowest BCUT2D eigenvalue weighted by atomic mass is 10.8. The van der Waals surface area contributed by atoms with Crippen molar-refractivity contribution >= 4 is 36.1 Å². The van der Waals surface area contributed by atoms with Gasteiger partial charge in [-0.05, 0) is 0 Å². The van der Waals surface area contributed by atoms with Crippen molar-refractivity contribution in [2.24, 2.45) is 0 Å². The minimum absolute atomic E-state index is 0. The summed E-state index contributed by atoms with van der Waals surface area (Å²) in [4.78, 5) is 18.5. The summed E-state index contributed by atoms with van der Waals surface area (Å²) in [6.07, 6.45) is 0. The van der Waals surface area contributed by atoms with Crippen molar-refractivity contribution in [3.8, 4) is 0 Å². The number of hydrogen-bond donors (Lipinski definition) is 4. The van der Waals surface area contributed by atoms with E-state index in [1.54, 1.807) is 0 Å². The number of rotatable bonds is 2. The highest BCUT2D eigenvalue weighted by Gasteiger charge is 1.82. The zero-order chi connectivity index (χ0) is 8.57. The summed E-state index contributed by atoms with van der Waals surface area (Å²) >= 11 is 3.21. The molecule has 0 spiro atoms. The average Bonchev–Trinajstić information content (AvgIpc) is 1.89. The van der Waals surface area contributed by atoms with Gasteiger partial charge in [-0.15, -0.1) is 25.0 Å². The van der Waals surface area contributed by atoms with E-state index >= 15 is 0 Å². The molecular formula is C4H11ClO6S. The quantitative estimate of drug-likeness (QED) is 0.406. The minimum atomic E-state index is -1.19. The second-order valence-electron chi connectivity index (χ2n) is 1.10. The molecule has 0 aliphatic heterocycles. The number of carboxylic acid groups (broad SMARTS) is 1. The molecule has 12 heavy (non-hydrogen) atoms. The summed E-state index contributed by atoms with van der Waals surface area (Å²) < 4.78 is 0. The SMILES string of the molecule is Cl.O.O=C(O)CO.O=C(S)CO. The Bertz CT molecular complexity index is 104. The van der Waals surface area contributed by atoms with E-state index in [4.69, 9.17) is 20.1 Å². The molecular weight excluding hydrogens is 212 g/mol. The molecule has 0 aromatic rings. The van der Waals surface area contributed by atoms with Gasteiger partial charge in [-0.25, -0.2) is 4.79 Å². The Morgan fingerprint density at radius 2 is 1.33 bits per heavy atom. The first-order valence-corrected chi connectivity index (χ1v) is 2.64. The molecule has 6 nitrogen and oxygen atoms in total. The molecule has 5 N–H and O–H groups in total. The minimum Gasteiger partial charge on any atom is -0.480 e. The van der Waals surface area contributed by atoms with E-state index < -0.39 is 24.3 Å². The van der Waals surface area contributed by atoms with Crippen LogP contribution >= 0.6 is 25.0 Å². The molecule has 8 heteroatoms. The Kier molecular flexibility index (Phi) is 31.9. The highest BCUT2D eigenvalue weighted by atomic mass is 35.5. The van der Waals surface area contributed by atoms with Gasteiger partial charge < -0.3 is 20.8 Å². The Balaban J connectivity index is -0.0000000457. The molecule has 0 fully saturated rings. The van der Waals surface area contributed by atoms with Gasteiger partial charge in [0, 0.05) is 0 Å². The van der Waals surface area contributed by atoms with Crippen LogP contribution in [0, 0.1) is 0 Å². The second kappa shape index (κ2) is 17.0. The van der Waals surface area contributed by atoms with E-state index in [0.29, 0.717) is 0 Å². The summed E-state index contributed by atoms with van der Waals surface area (Å²) in [6.45, 7) is -1.25.